The zero-order valence-corrected chi connectivity index (χ0v) is 10.0. The molecule has 0 amide bonds. The summed E-state index contributed by atoms with van der Waals surface area (Å²) in [5, 5.41) is 3.09. The van der Waals surface area contributed by atoms with Gasteiger partial charge in [0, 0.05) is 26.3 Å². The topological polar surface area (TPSA) is 54.2 Å². The van der Waals surface area contributed by atoms with Crippen LogP contribution in [-0.2, 0) is 0 Å². The molecule has 0 aliphatic rings. The Kier molecular flexibility index (Phi) is 4.16. The van der Waals surface area contributed by atoms with Gasteiger partial charge in [0.15, 0.2) is 0 Å². The van der Waals surface area contributed by atoms with Crippen molar-refractivity contribution in [3.8, 4) is 0 Å². The number of hydrogen-bond acceptors (Lipinski definition) is 4. The lowest BCUT2D eigenvalue weighted by Gasteiger charge is -2.21. The highest BCUT2D eigenvalue weighted by Gasteiger charge is 2.08. The molecule has 1 rings (SSSR count). The molecule has 0 saturated carbocycles. The van der Waals surface area contributed by atoms with Gasteiger partial charge in [-0.25, -0.2) is 0 Å². The van der Waals surface area contributed by atoms with Gasteiger partial charge in [-0.05, 0) is 23.0 Å². The van der Waals surface area contributed by atoms with Crippen LogP contribution >= 0.6 is 15.9 Å². The molecule has 0 spiro atoms. The second kappa shape index (κ2) is 5.17. The molecular weight excluding hydrogens is 244 g/mol. The monoisotopic (exact) mass is 258 g/mol. The number of halogens is 1. The molecule has 3 N–H and O–H groups in total. The SMILES string of the molecule is CNCCN(C)c1c(N)cncc1Br. The lowest BCUT2D eigenvalue weighted by molar-refractivity contribution is 0.767. The third-order valence-electron chi connectivity index (χ3n) is 1.98. The molecule has 1 heterocycles. The van der Waals surface area contributed by atoms with Crippen LogP contribution in [0, 0.1) is 0 Å². The van der Waals surface area contributed by atoms with E-state index < -0.39 is 0 Å². The predicted molar refractivity (Wildman–Crippen MR) is 63.5 cm³/mol. The van der Waals surface area contributed by atoms with Crippen LogP contribution in [0.3, 0.4) is 0 Å². The van der Waals surface area contributed by atoms with Crippen LogP contribution < -0.4 is 16.0 Å². The first-order valence-corrected chi connectivity index (χ1v) is 5.21. The van der Waals surface area contributed by atoms with Gasteiger partial charge >= 0.3 is 0 Å². The van der Waals surface area contributed by atoms with E-state index in [1.54, 1.807) is 12.4 Å². The maximum Gasteiger partial charge on any atom is 0.0773 e. The van der Waals surface area contributed by atoms with E-state index in [0.29, 0.717) is 5.69 Å². The van der Waals surface area contributed by atoms with Gasteiger partial charge in [0.25, 0.3) is 0 Å². The first-order valence-electron chi connectivity index (χ1n) is 4.41. The number of hydrogen-bond donors (Lipinski definition) is 2. The minimum Gasteiger partial charge on any atom is -0.396 e. The Hall–Kier alpha value is -0.810. The Morgan fingerprint density at radius 1 is 1.57 bits per heavy atom. The highest BCUT2D eigenvalue weighted by molar-refractivity contribution is 9.10. The number of nitrogens with zero attached hydrogens (tertiary/aromatic N) is 2. The molecule has 4 nitrogen and oxygen atoms in total. The summed E-state index contributed by atoms with van der Waals surface area (Å²) in [6.07, 6.45) is 3.41. The van der Waals surface area contributed by atoms with Crippen molar-refractivity contribution in [2.75, 3.05) is 37.8 Å². The molecule has 0 aliphatic heterocycles. The number of nitrogen functional groups attached to an aromatic ring is 1. The fraction of sp³-hybridized carbons (Fsp3) is 0.444. The van der Waals surface area contributed by atoms with E-state index in [0.717, 1.165) is 23.2 Å². The van der Waals surface area contributed by atoms with Crippen molar-refractivity contribution in [3.05, 3.63) is 16.9 Å². The Labute approximate surface area is 92.6 Å². The Morgan fingerprint density at radius 2 is 2.29 bits per heavy atom. The van der Waals surface area contributed by atoms with Crippen LogP contribution in [0.1, 0.15) is 0 Å². The number of pyridine rings is 1. The van der Waals surface area contributed by atoms with E-state index >= 15 is 0 Å². The highest BCUT2D eigenvalue weighted by atomic mass is 79.9. The molecule has 0 atom stereocenters. The van der Waals surface area contributed by atoms with Gasteiger partial charge in [-0.3, -0.25) is 4.98 Å². The summed E-state index contributed by atoms with van der Waals surface area (Å²) in [5.41, 5.74) is 7.53. The van der Waals surface area contributed by atoms with Crippen molar-refractivity contribution in [1.82, 2.24) is 10.3 Å². The lowest BCUT2D eigenvalue weighted by atomic mass is 10.3. The maximum absolute atomic E-state index is 5.84. The average molecular weight is 259 g/mol. The van der Waals surface area contributed by atoms with E-state index in [1.165, 1.54) is 0 Å². The van der Waals surface area contributed by atoms with Gasteiger partial charge in [0.05, 0.1) is 22.0 Å². The largest absolute Gasteiger partial charge is 0.396 e. The van der Waals surface area contributed by atoms with Gasteiger partial charge in [-0.1, -0.05) is 0 Å². The predicted octanol–water partition coefficient (Wildman–Crippen LogP) is 1.08. The molecule has 0 fully saturated rings. The molecule has 1 aromatic rings. The molecular formula is C9H15BrN4. The van der Waals surface area contributed by atoms with Crippen LogP contribution in [0.4, 0.5) is 11.4 Å². The molecule has 78 valence electrons. The number of nitrogens with one attached hydrogen (secondary N) is 1. The highest BCUT2D eigenvalue weighted by Crippen LogP contribution is 2.29. The first kappa shape index (κ1) is 11.3. The average Bonchev–Trinajstić information content (AvgIpc) is 2.14. The van der Waals surface area contributed by atoms with Crippen molar-refractivity contribution in [2.45, 2.75) is 0 Å². The van der Waals surface area contributed by atoms with Crippen LogP contribution in [0.15, 0.2) is 16.9 Å². The Balaban J connectivity index is 2.82. The first-order chi connectivity index (χ1) is 6.66. The second-order valence-electron chi connectivity index (χ2n) is 3.08. The van der Waals surface area contributed by atoms with Crippen molar-refractivity contribution in [2.24, 2.45) is 0 Å². The second-order valence-corrected chi connectivity index (χ2v) is 3.94. The summed E-state index contributed by atoms with van der Waals surface area (Å²) in [5.74, 6) is 0. The van der Waals surface area contributed by atoms with E-state index in [2.05, 4.69) is 31.1 Å². The van der Waals surface area contributed by atoms with Crippen molar-refractivity contribution in [3.63, 3.8) is 0 Å². The summed E-state index contributed by atoms with van der Waals surface area (Å²) in [6, 6.07) is 0. The summed E-state index contributed by atoms with van der Waals surface area (Å²) in [6.45, 7) is 1.83. The van der Waals surface area contributed by atoms with Gasteiger partial charge in [-0.2, -0.15) is 0 Å². The standard InChI is InChI=1S/C9H15BrN4/c1-12-3-4-14(2)9-7(10)5-13-6-8(9)11/h5-6,12H,3-4,11H2,1-2H3. The fourth-order valence-corrected chi connectivity index (χ4v) is 1.89. The van der Waals surface area contributed by atoms with Crippen LogP contribution in [0.2, 0.25) is 0 Å². The third kappa shape index (κ3) is 2.59. The van der Waals surface area contributed by atoms with Crippen LogP contribution in [0.25, 0.3) is 0 Å². The minimum absolute atomic E-state index is 0.693. The number of rotatable bonds is 4. The summed E-state index contributed by atoms with van der Waals surface area (Å²) in [7, 11) is 3.94. The summed E-state index contributed by atoms with van der Waals surface area (Å²) >= 11 is 3.44. The molecule has 0 saturated heterocycles. The van der Waals surface area contributed by atoms with Gasteiger partial charge in [-0.15, -0.1) is 0 Å². The lowest BCUT2D eigenvalue weighted by Crippen LogP contribution is -2.28. The van der Waals surface area contributed by atoms with E-state index in [9.17, 15) is 0 Å². The number of likely N-dealkylation sites (N-methyl/N-ethyl adjacent to an activating group) is 2. The van der Waals surface area contributed by atoms with Crippen molar-refractivity contribution < 1.29 is 0 Å². The zero-order chi connectivity index (χ0) is 10.6. The number of nitrogens with two attached hydrogens (primary N) is 1. The van der Waals surface area contributed by atoms with Crippen molar-refractivity contribution in [1.29, 1.82) is 0 Å². The Morgan fingerprint density at radius 3 is 2.86 bits per heavy atom. The molecule has 14 heavy (non-hydrogen) atoms. The normalized spacial score (nSPS) is 10.2. The fourth-order valence-electron chi connectivity index (χ4n) is 1.24. The van der Waals surface area contributed by atoms with Gasteiger partial charge in [0.2, 0.25) is 0 Å². The molecule has 0 bridgehead atoms. The molecule has 0 aromatic carbocycles. The smallest absolute Gasteiger partial charge is 0.0773 e. The van der Waals surface area contributed by atoms with E-state index in [1.807, 2.05) is 14.1 Å². The van der Waals surface area contributed by atoms with Crippen LogP contribution in [-0.4, -0.2) is 32.2 Å². The van der Waals surface area contributed by atoms with Gasteiger partial charge in [0.1, 0.15) is 0 Å². The van der Waals surface area contributed by atoms with E-state index in [-0.39, 0.29) is 0 Å². The van der Waals surface area contributed by atoms with Gasteiger partial charge < -0.3 is 16.0 Å². The quantitative estimate of drug-likeness (QED) is 0.849. The maximum atomic E-state index is 5.84. The zero-order valence-electron chi connectivity index (χ0n) is 8.42. The molecule has 0 radical (unpaired) electrons. The number of anilines is 2. The third-order valence-corrected chi connectivity index (χ3v) is 2.56. The molecule has 0 unspecified atom stereocenters. The van der Waals surface area contributed by atoms with Crippen molar-refractivity contribution >= 4 is 27.3 Å². The van der Waals surface area contributed by atoms with E-state index in [4.69, 9.17) is 5.73 Å². The van der Waals surface area contributed by atoms with Crippen LogP contribution in [0.5, 0.6) is 0 Å². The molecule has 5 heteroatoms. The summed E-state index contributed by atoms with van der Waals surface area (Å²) in [4.78, 5) is 6.09. The molecule has 0 aliphatic carbocycles. The number of aromatic nitrogens is 1. The Bertz CT molecular complexity index is 283. The summed E-state index contributed by atoms with van der Waals surface area (Å²) < 4.78 is 0.927. The minimum atomic E-state index is 0.693. The molecule has 1 aromatic heterocycles.